The van der Waals surface area contributed by atoms with E-state index in [0.29, 0.717) is 30.4 Å². The Kier molecular flexibility index (Phi) is 8.41. The summed E-state index contributed by atoms with van der Waals surface area (Å²) in [5, 5.41) is 0. The Morgan fingerprint density at radius 2 is 1.42 bits per heavy atom. The van der Waals surface area contributed by atoms with E-state index in [-0.39, 0.29) is 23.5 Å². The molecule has 36 heavy (non-hydrogen) atoms. The van der Waals surface area contributed by atoms with Gasteiger partial charge in [0.25, 0.3) is 5.91 Å². The van der Waals surface area contributed by atoms with Crippen LogP contribution in [0.5, 0.6) is 0 Å². The maximum Gasteiger partial charge on any atom is 0.256 e. The molecule has 4 rings (SSSR count). The lowest BCUT2D eigenvalue weighted by Crippen LogP contribution is -2.31. The van der Waals surface area contributed by atoms with Gasteiger partial charge in [-0.05, 0) is 73.9 Å². The highest BCUT2D eigenvalue weighted by Gasteiger charge is 2.29. The predicted octanol–water partition coefficient (Wildman–Crippen LogP) is 5.74. The molecule has 0 spiro atoms. The molecule has 190 valence electrons. The second-order valence-corrected chi connectivity index (χ2v) is 10.1. The molecule has 1 amide bonds. The predicted molar refractivity (Wildman–Crippen MR) is 136 cm³/mol. The third-order valence-corrected chi connectivity index (χ3v) is 6.96. The van der Waals surface area contributed by atoms with E-state index in [1.165, 1.54) is 24.3 Å². The van der Waals surface area contributed by atoms with Gasteiger partial charge in [0.2, 0.25) is 0 Å². The van der Waals surface area contributed by atoms with Crippen molar-refractivity contribution in [2.45, 2.75) is 51.6 Å². The Balaban J connectivity index is 1.44. The molecule has 7 heteroatoms. The third kappa shape index (κ3) is 6.72. The van der Waals surface area contributed by atoms with Gasteiger partial charge in [0.05, 0.1) is 11.3 Å². The topological polar surface area (TPSA) is 49.3 Å². The highest BCUT2D eigenvalue weighted by molar-refractivity contribution is 5.94. The summed E-state index contributed by atoms with van der Waals surface area (Å²) in [7, 11) is 3.50. The lowest BCUT2D eigenvalue weighted by Gasteiger charge is -2.33. The number of nitrogens with zero attached hydrogens (tertiary/aromatic N) is 4. The fraction of sp³-hybridized carbons (Fsp3) is 0.414. The van der Waals surface area contributed by atoms with Gasteiger partial charge in [-0.25, -0.2) is 18.7 Å². The van der Waals surface area contributed by atoms with Crippen LogP contribution in [0.15, 0.2) is 54.7 Å². The second kappa shape index (κ2) is 11.7. The first-order valence-electron chi connectivity index (χ1n) is 12.5. The summed E-state index contributed by atoms with van der Waals surface area (Å²) >= 11 is 0. The first kappa shape index (κ1) is 25.9. The Hall–Kier alpha value is -3.19. The fourth-order valence-corrected chi connectivity index (χ4v) is 5.07. The average molecular weight is 493 g/mol. The molecule has 0 aliphatic heterocycles. The normalized spacial score (nSPS) is 17.8. The number of aryl methyl sites for hydroxylation is 1. The lowest BCUT2D eigenvalue weighted by atomic mass is 9.79. The number of amides is 1. The van der Waals surface area contributed by atoms with Crippen molar-refractivity contribution in [3.8, 4) is 0 Å². The minimum atomic E-state index is -0.241. The number of hydrogen-bond acceptors (Lipinski definition) is 4. The summed E-state index contributed by atoms with van der Waals surface area (Å²) in [5.74, 6) is 0.884. The van der Waals surface area contributed by atoms with Crippen molar-refractivity contribution in [2.75, 3.05) is 20.6 Å². The van der Waals surface area contributed by atoms with Crippen molar-refractivity contribution < 1.29 is 13.6 Å². The zero-order valence-electron chi connectivity index (χ0n) is 21.3. The average Bonchev–Trinajstić information content (AvgIpc) is 2.87. The molecule has 2 aromatic carbocycles. The number of hydrogen-bond donors (Lipinski definition) is 0. The van der Waals surface area contributed by atoms with E-state index in [9.17, 15) is 13.6 Å². The molecule has 1 heterocycles. The molecule has 0 saturated heterocycles. The minimum absolute atomic E-state index is 0.0584. The largest absolute Gasteiger partial charge is 0.345 e. The van der Waals surface area contributed by atoms with Crippen LogP contribution in [0.2, 0.25) is 0 Å². The Bertz CT molecular complexity index is 1110. The number of halogens is 2. The van der Waals surface area contributed by atoms with Crippen molar-refractivity contribution >= 4 is 5.91 Å². The van der Waals surface area contributed by atoms with Crippen LogP contribution >= 0.6 is 0 Å². The maximum atomic E-state index is 13.4. The minimum Gasteiger partial charge on any atom is -0.345 e. The van der Waals surface area contributed by atoms with Crippen LogP contribution in [0.4, 0.5) is 8.78 Å². The van der Waals surface area contributed by atoms with E-state index in [1.807, 2.05) is 31.2 Å². The summed E-state index contributed by atoms with van der Waals surface area (Å²) in [5.41, 5.74) is 3.57. The van der Waals surface area contributed by atoms with Crippen LogP contribution < -0.4 is 0 Å². The van der Waals surface area contributed by atoms with E-state index in [1.54, 1.807) is 25.2 Å². The molecule has 0 bridgehead atoms. The number of carbonyl (C=O) groups is 1. The van der Waals surface area contributed by atoms with Crippen molar-refractivity contribution in [2.24, 2.45) is 5.92 Å². The Morgan fingerprint density at radius 1 is 0.889 bits per heavy atom. The lowest BCUT2D eigenvalue weighted by molar-refractivity contribution is 0.0824. The number of aromatic nitrogens is 2. The highest BCUT2D eigenvalue weighted by Crippen LogP contribution is 2.37. The van der Waals surface area contributed by atoms with Gasteiger partial charge in [-0.1, -0.05) is 24.3 Å². The molecule has 0 radical (unpaired) electrons. The summed E-state index contributed by atoms with van der Waals surface area (Å²) in [6.45, 7) is 4.16. The second-order valence-electron chi connectivity index (χ2n) is 10.1. The molecule has 5 nitrogen and oxygen atoms in total. The molecule has 1 aliphatic rings. The smallest absolute Gasteiger partial charge is 0.256 e. The maximum absolute atomic E-state index is 13.4. The van der Waals surface area contributed by atoms with Gasteiger partial charge in [0.1, 0.15) is 17.5 Å². The number of benzene rings is 2. The van der Waals surface area contributed by atoms with Crippen molar-refractivity contribution in [3.63, 3.8) is 0 Å². The zero-order chi connectivity index (χ0) is 25.7. The van der Waals surface area contributed by atoms with E-state index in [2.05, 4.69) is 14.9 Å². The molecule has 1 saturated carbocycles. The van der Waals surface area contributed by atoms with Gasteiger partial charge in [0, 0.05) is 45.8 Å². The highest BCUT2D eigenvalue weighted by atomic mass is 19.1. The molecule has 1 aliphatic carbocycles. The van der Waals surface area contributed by atoms with Crippen LogP contribution in [0.3, 0.4) is 0 Å². The summed E-state index contributed by atoms with van der Waals surface area (Å²) in [4.78, 5) is 25.6. The SMILES string of the molecule is Cc1ncc(C(=O)N(C)C)c(C2CCC(CN(Cc3ccc(F)cc3)Cc3ccc(F)cc3)CC2)n1. The first-order valence-corrected chi connectivity index (χ1v) is 12.5. The Labute approximate surface area is 212 Å². The third-order valence-electron chi connectivity index (χ3n) is 6.96. The first-order chi connectivity index (χ1) is 17.3. The van der Waals surface area contributed by atoms with Crippen LogP contribution in [0, 0.1) is 24.5 Å². The molecule has 1 fully saturated rings. The van der Waals surface area contributed by atoms with Crippen LogP contribution in [-0.2, 0) is 13.1 Å². The van der Waals surface area contributed by atoms with E-state index >= 15 is 0 Å². The summed E-state index contributed by atoms with van der Waals surface area (Å²) < 4.78 is 26.8. The molecule has 3 aromatic rings. The fourth-order valence-electron chi connectivity index (χ4n) is 5.07. The van der Waals surface area contributed by atoms with Crippen molar-refractivity contribution in [3.05, 3.63) is 94.6 Å². The van der Waals surface area contributed by atoms with Crippen LogP contribution in [-0.4, -0.2) is 46.3 Å². The molecule has 0 atom stereocenters. The molecular weight excluding hydrogens is 458 g/mol. The number of carbonyl (C=O) groups excluding carboxylic acids is 1. The van der Waals surface area contributed by atoms with Crippen molar-refractivity contribution in [1.29, 1.82) is 0 Å². The van der Waals surface area contributed by atoms with E-state index < -0.39 is 0 Å². The van der Waals surface area contributed by atoms with Gasteiger partial charge in [-0.15, -0.1) is 0 Å². The number of rotatable bonds is 8. The van der Waals surface area contributed by atoms with Gasteiger partial charge >= 0.3 is 0 Å². The molecule has 0 N–H and O–H groups in total. The molecule has 1 aromatic heterocycles. The summed E-state index contributed by atoms with van der Waals surface area (Å²) in [6.07, 6.45) is 5.67. The van der Waals surface area contributed by atoms with E-state index in [4.69, 9.17) is 0 Å². The monoisotopic (exact) mass is 492 g/mol. The van der Waals surface area contributed by atoms with Crippen LogP contribution in [0.1, 0.15) is 64.6 Å². The molecule has 0 unspecified atom stereocenters. The van der Waals surface area contributed by atoms with Crippen molar-refractivity contribution in [1.82, 2.24) is 19.8 Å². The van der Waals surface area contributed by atoms with Gasteiger partial charge in [-0.3, -0.25) is 9.69 Å². The van der Waals surface area contributed by atoms with Crippen LogP contribution in [0.25, 0.3) is 0 Å². The van der Waals surface area contributed by atoms with Gasteiger partial charge in [-0.2, -0.15) is 0 Å². The quantitative estimate of drug-likeness (QED) is 0.402. The van der Waals surface area contributed by atoms with E-state index in [0.717, 1.165) is 49.0 Å². The zero-order valence-corrected chi connectivity index (χ0v) is 21.3. The van der Waals surface area contributed by atoms with Gasteiger partial charge in [0.15, 0.2) is 0 Å². The standard InChI is InChI=1S/C29H34F2N4O/c1-20-32-16-27(29(36)34(2)3)28(33-20)24-10-4-21(5-11-24)17-35(18-22-6-12-25(30)13-7-22)19-23-8-14-26(31)15-9-23/h6-9,12-16,21,24H,4-5,10-11,17-19H2,1-3H3. The Morgan fingerprint density at radius 3 is 1.92 bits per heavy atom. The van der Waals surface area contributed by atoms with Gasteiger partial charge < -0.3 is 4.90 Å². The summed E-state index contributed by atoms with van der Waals surface area (Å²) in [6, 6.07) is 13.3. The molecular formula is C29H34F2N4O.